The highest BCUT2D eigenvalue weighted by molar-refractivity contribution is 6.16. The molecule has 0 aliphatic heterocycles. The molecule has 0 aliphatic rings. The Morgan fingerprint density at radius 1 is 0.164 bits per heavy atom. The molecule has 0 atom stereocenters. The zero-order valence-electron chi connectivity index (χ0n) is 66.3. The van der Waals surface area contributed by atoms with Gasteiger partial charge in [-0.15, -0.1) is 0 Å². The van der Waals surface area contributed by atoms with Crippen LogP contribution in [-0.4, -0.2) is 9.13 Å². The Kier molecular flexibility index (Phi) is 16.5. The maximum atomic E-state index is 6.46. The SMILES string of the molecule is c1cc(-c2ccc3cc(-c4ccc5c6ccccc6n(-c6ccccc6-c6ccc(N(c7ccc(-c8ccc9ccccc9c8)cc7)c7cccc(-c8cccc9oc%10ccccc%10c89)c7)cc6)c5c4)ccc3c2)cc(N(c2ccc(-c3ccccc3-n3c4ccccc4c4ccccc43)cc2)c2cccc(-c3cccc4oc5ccccc5c34)c2)c1. The van der Waals surface area contributed by atoms with Gasteiger partial charge in [-0.1, -0.05) is 297 Å². The van der Waals surface area contributed by atoms with E-state index in [1.165, 1.54) is 54.3 Å². The van der Waals surface area contributed by atoms with Gasteiger partial charge in [-0.05, 0) is 240 Å². The number of furan rings is 2. The summed E-state index contributed by atoms with van der Waals surface area (Å²) in [7, 11) is 0. The molecule has 0 saturated carbocycles. The molecule has 20 aromatic carbocycles. The fourth-order valence-corrected chi connectivity index (χ4v) is 19.1. The van der Waals surface area contributed by atoms with Crippen LogP contribution in [0.15, 0.2) is 458 Å². The normalized spacial score (nSPS) is 11.8. The summed E-state index contributed by atoms with van der Waals surface area (Å²) in [5, 5.41) is 14.1. The summed E-state index contributed by atoms with van der Waals surface area (Å²) in [5.41, 5.74) is 32.5. The van der Waals surface area contributed by atoms with Crippen LogP contribution in [-0.2, 0) is 0 Å². The quantitative estimate of drug-likeness (QED) is 0.103. The Labute approximate surface area is 704 Å². The Morgan fingerprint density at radius 2 is 0.475 bits per heavy atom. The summed E-state index contributed by atoms with van der Waals surface area (Å²) in [6, 6.07) is 164. The maximum Gasteiger partial charge on any atom is 0.136 e. The van der Waals surface area contributed by atoms with Gasteiger partial charge >= 0.3 is 0 Å². The third-order valence-corrected chi connectivity index (χ3v) is 24.9. The lowest BCUT2D eigenvalue weighted by molar-refractivity contribution is 0.668. The van der Waals surface area contributed by atoms with Crippen molar-refractivity contribution in [2.45, 2.75) is 0 Å². The number of para-hydroxylation sites is 7. The van der Waals surface area contributed by atoms with E-state index in [4.69, 9.17) is 8.83 Å². The highest BCUT2D eigenvalue weighted by atomic mass is 16.3. The van der Waals surface area contributed by atoms with E-state index < -0.39 is 0 Å². The summed E-state index contributed by atoms with van der Waals surface area (Å²) < 4.78 is 17.8. The number of rotatable bonds is 15. The van der Waals surface area contributed by atoms with E-state index in [1.807, 2.05) is 12.1 Å². The smallest absolute Gasteiger partial charge is 0.136 e. The van der Waals surface area contributed by atoms with E-state index in [9.17, 15) is 0 Å². The van der Waals surface area contributed by atoms with Crippen LogP contribution in [0.2, 0.25) is 0 Å². The number of benzene rings is 20. The van der Waals surface area contributed by atoms with E-state index in [-0.39, 0.29) is 0 Å². The van der Waals surface area contributed by atoms with Crippen LogP contribution in [0.5, 0.6) is 0 Å². The third-order valence-electron chi connectivity index (χ3n) is 24.9. The number of aromatic nitrogens is 2. The van der Waals surface area contributed by atoms with Crippen molar-refractivity contribution >= 4 is 143 Å². The Bertz CT molecular complexity index is 8230. The number of anilines is 6. The molecule has 4 aromatic heterocycles. The Balaban J connectivity index is 0.566. The van der Waals surface area contributed by atoms with Gasteiger partial charge in [0.2, 0.25) is 0 Å². The first-order valence-electron chi connectivity index (χ1n) is 41.7. The number of hydrogen-bond acceptors (Lipinski definition) is 4. The van der Waals surface area contributed by atoms with Crippen LogP contribution in [0.3, 0.4) is 0 Å². The first-order valence-corrected chi connectivity index (χ1v) is 41.7. The first-order chi connectivity index (χ1) is 60.5. The van der Waals surface area contributed by atoms with Gasteiger partial charge in [0.15, 0.2) is 0 Å². The molecule has 122 heavy (non-hydrogen) atoms. The fourth-order valence-electron chi connectivity index (χ4n) is 19.1. The van der Waals surface area contributed by atoms with Crippen molar-refractivity contribution in [2.24, 2.45) is 0 Å². The molecule has 0 fully saturated rings. The average Bonchev–Trinajstić information content (AvgIpc) is 1.57. The van der Waals surface area contributed by atoms with Gasteiger partial charge in [0, 0.05) is 88.3 Å². The first kappa shape index (κ1) is 70.0. The number of nitrogens with zero attached hydrogens (tertiary/aromatic N) is 4. The molecule has 6 heteroatoms. The van der Waals surface area contributed by atoms with Crippen LogP contribution >= 0.6 is 0 Å². The van der Waals surface area contributed by atoms with Crippen LogP contribution < -0.4 is 9.80 Å². The molecule has 0 unspecified atom stereocenters. The molecule has 0 spiro atoms. The molecule has 0 amide bonds. The lowest BCUT2D eigenvalue weighted by Crippen LogP contribution is -2.10. The molecule has 6 nitrogen and oxygen atoms in total. The van der Waals surface area contributed by atoms with E-state index in [1.54, 1.807) is 0 Å². The van der Waals surface area contributed by atoms with Crippen LogP contribution in [0.25, 0.3) is 198 Å². The molecule has 0 radical (unpaired) electrons. The molecule has 0 bridgehead atoms. The average molecular weight is 1560 g/mol. The number of hydrogen-bond donors (Lipinski definition) is 0. The van der Waals surface area contributed by atoms with Gasteiger partial charge in [0.1, 0.15) is 22.3 Å². The second-order valence-corrected chi connectivity index (χ2v) is 31.8. The second-order valence-electron chi connectivity index (χ2n) is 31.8. The molecule has 570 valence electrons. The van der Waals surface area contributed by atoms with Crippen molar-refractivity contribution < 1.29 is 8.83 Å². The van der Waals surface area contributed by atoms with Crippen molar-refractivity contribution in [2.75, 3.05) is 9.80 Å². The van der Waals surface area contributed by atoms with Gasteiger partial charge < -0.3 is 27.8 Å². The molecule has 24 rings (SSSR count). The molecule has 0 aliphatic carbocycles. The zero-order chi connectivity index (χ0) is 80.3. The minimum Gasteiger partial charge on any atom is -0.456 e. The summed E-state index contributed by atoms with van der Waals surface area (Å²) >= 11 is 0. The molecular formula is C116H74N4O2. The standard InChI is InChI=1S/C116H74N4O2/c1-2-23-79-68-81(49-48-75(79)22-1)76-54-61-89(62-55-76)117(93-28-18-25-87(72-93)97-37-20-46-113-115(97)103-35-8-15-44-111(103)121-113)90-63-56-78(57-64-90)96-31-4-11-40-106(96)120-109-43-14-7-34-101(109)102-67-60-86(74-110(102)120)85-53-52-83-69-82(50-51-84(83)70-85)80-24-17-27-92(71-80)118(94-29-19-26-88(73-94)98-38-21-47-114-116(98)104-36-9-16-45-112(104)122-114)91-65-58-77(59-66-91)95-30-3-10-39-105(95)119-107-41-12-5-32-99(107)100-33-6-13-42-108(100)119/h1-74H. The fraction of sp³-hybridized carbons (Fsp3) is 0. The largest absolute Gasteiger partial charge is 0.456 e. The Hall–Kier alpha value is -16.3. The predicted octanol–water partition coefficient (Wildman–Crippen LogP) is 32.6. The summed E-state index contributed by atoms with van der Waals surface area (Å²) in [4.78, 5) is 4.78. The molecule has 24 aromatic rings. The van der Waals surface area contributed by atoms with E-state index >= 15 is 0 Å². The Morgan fingerprint density at radius 3 is 0.975 bits per heavy atom. The predicted molar refractivity (Wildman–Crippen MR) is 512 cm³/mol. The van der Waals surface area contributed by atoms with Crippen molar-refractivity contribution in [3.05, 3.63) is 449 Å². The number of fused-ring (bicyclic) bond motifs is 14. The highest BCUT2D eigenvalue weighted by Gasteiger charge is 2.24. The van der Waals surface area contributed by atoms with Crippen LogP contribution in [0, 0.1) is 0 Å². The maximum absolute atomic E-state index is 6.46. The summed E-state index contributed by atoms with van der Waals surface area (Å²) in [5.74, 6) is 0. The van der Waals surface area contributed by atoms with Gasteiger partial charge in [0.05, 0.1) is 33.4 Å². The van der Waals surface area contributed by atoms with Gasteiger partial charge in [-0.3, -0.25) is 0 Å². The summed E-state index contributed by atoms with van der Waals surface area (Å²) in [6.07, 6.45) is 0. The minimum absolute atomic E-state index is 0.871. The van der Waals surface area contributed by atoms with Crippen molar-refractivity contribution in [1.82, 2.24) is 9.13 Å². The molecule has 4 heterocycles. The topological polar surface area (TPSA) is 42.6 Å². The highest BCUT2D eigenvalue weighted by Crippen LogP contribution is 2.48. The molecular weight excluding hydrogens is 1480 g/mol. The lowest BCUT2D eigenvalue weighted by atomic mass is 9.96. The van der Waals surface area contributed by atoms with E-state index in [0.717, 1.165) is 178 Å². The molecule has 0 saturated heterocycles. The van der Waals surface area contributed by atoms with Gasteiger partial charge in [0.25, 0.3) is 0 Å². The zero-order valence-corrected chi connectivity index (χ0v) is 66.3. The van der Waals surface area contributed by atoms with Crippen LogP contribution in [0.4, 0.5) is 34.1 Å². The lowest BCUT2D eigenvalue weighted by Gasteiger charge is -2.27. The van der Waals surface area contributed by atoms with Gasteiger partial charge in [-0.25, -0.2) is 0 Å². The second kappa shape index (κ2) is 28.8. The third kappa shape index (κ3) is 11.9. The van der Waals surface area contributed by atoms with Crippen molar-refractivity contribution in [1.29, 1.82) is 0 Å². The van der Waals surface area contributed by atoms with E-state index in [0.29, 0.717) is 0 Å². The monoisotopic (exact) mass is 1550 g/mol. The van der Waals surface area contributed by atoms with Crippen LogP contribution in [0.1, 0.15) is 0 Å². The summed E-state index contributed by atoms with van der Waals surface area (Å²) in [6.45, 7) is 0. The minimum atomic E-state index is 0.871. The van der Waals surface area contributed by atoms with Crippen molar-refractivity contribution in [3.8, 4) is 89.3 Å². The van der Waals surface area contributed by atoms with E-state index in [2.05, 4.69) is 456 Å². The van der Waals surface area contributed by atoms with Gasteiger partial charge in [-0.2, -0.15) is 0 Å². The molecule has 0 N–H and O–H groups in total. The van der Waals surface area contributed by atoms with Crippen molar-refractivity contribution in [3.63, 3.8) is 0 Å².